The molecule has 160 valence electrons. The first-order valence-electron chi connectivity index (χ1n) is 10.2. The van der Waals surface area contributed by atoms with Crippen LogP contribution in [-0.4, -0.2) is 60.9 Å². The van der Waals surface area contributed by atoms with E-state index in [2.05, 4.69) is 20.4 Å². The van der Waals surface area contributed by atoms with E-state index in [0.29, 0.717) is 24.7 Å². The molecule has 30 heavy (non-hydrogen) atoms. The normalized spacial score (nSPS) is 15.0. The van der Waals surface area contributed by atoms with Crippen molar-refractivity contribution in [3.8, 4) is 0 Å². The molecule has 1 aliphatic heterocycles. The summed E-state index contributed by atoms with van der Waals surface area (Å²) < 4.78 is 0. The maximum absolute atomic E-state index is 12.4. The van der Waals surface area contributed by atoms with E-state index in [1.54, 1.807) is 0 Å². The number of hydrogen-bond donors (Lipinski definition) is 2. The highest BCUT2D eigenvalue weighted by Crippen LogP contribution is 2.19. The van der Waals surface area contributed by atoms with E-state index in [1.807, 2.05) is 56.3 Å². The monoisotopic (exact) mass is 428 g/mol. The molecular formula is C23H29ClN4O2. The summed E-state index contributed by atoms with van der Waals surface area (Å²) in [5.41, 5.74) is 4.02. The molecular weight excluding hydrogens is 400 g/mol. The van der Waals surface area contributed by atoms with Crippen LogP contribution in [0.25, 0.3) is 0 Å². The first kappa shape index (κ1) is 22.3. The van der Waals surface area contributed by atoms with Crippen LogP contribution in [-0.2, 0) is 16.1 Å². The number of piperazine rings is 1. The van der Waals surface area contributed by atoms with E-state index in [0.717, 1.165) is 48.6 Å². The molecule has 1 fully saturated rings. The Morgan fingerprint density at radius 2 is 1.47 bits per heavy atom. The van der Waals surface area contributed by atoms with Gasteiger partial charge in [-0.05, 0) is 42.7 Å². The lowest BCUT2D eigenvalue weighted by Crippen LogP contribution is -2.50. The summed E-state index contributed by atoms with van der Waals surface area (Å²) in [7, 11) is 0. The summed E-state index contributed by atoms with van der Waals surface area (Å²) in [4.78, 5) is 28.9. The van der Waals surface area contributed by atoms with Gasteiger partial charge in [-0.25, -0.2) is 0 Å². The van der Waals surface area contributed by atoms with Crippen LogP contribution in [0.15, 0.2) is 42.5 Å². The second kappa shape index (κ2) is 10.6. The standard InChI is InChI=1S/C23H29ClN4O2/c1-17-5-3-6-18(2)23(17)26-22(30)16-28-11-9-27(10-12-28)15-21(29)25-14-19-7-4-8-20(24)13-19/h3-8,13H,9-12,14-16H2,1-2H3,(H,25,29)(H,26,30). The predicted molar refractivity (Wildman–Crippen MR) is 121 cm³/mol. The SMILES string of the molecule is Cc1cccc(C)c1NC(=O)CN1CCN(CC(=O)NCc2cccc(Cl)c2)CC1. The molecule has 0 radical (unpaired) electrons. The number of anilines is 1. The van der Waals surface area contributed by atoms with Crippen molar-refractivity contribution in [1.29, 1.82) is 0 Å². The van der Waals surface area contributed by atoms with Crippen molar-refractivity contribution >= 4 is 29.1 Å². The minimum Gasteiger partial charge on any atom is -0.351 e. The maximum atomic E-state index is 12.4. The number of benzene rings is 2. The largest absolute Gasteiger partial charge is 0.351 e. The molecule has 7 heteroatoms. The fraction of sp³-hybridized carbons (Fsp3) is 0.391. The number of carbonyl (C=O) groups excluding carboxylic acids is 2. The lowest BCUT2D eigenvalue weighted by atomic mass is 10.1. The topological polar surface area (TPSA) is 64.7 Å². The number of halogens is 1. The zero-order valence-electron chi connectivity index (χ0n) is 17.6. The molecule has 6 nitrogen and oxygen atoms in total. The molecule has 0 spiro atoms. The Bertz CT molecular complexity index is 874. The van der Waals surface area contributed by atoms with Crippen molar-refractivity contribution in [3.63, 3.8) is 0 Å². The van der Waals surface area contributed by atoms with Crippen LogP contribution in [0.4, 0.5) is 5.69 Å². The third-order valence-electron chi connectivity index (χ3n) is 5.32. The predicted octanol–water partition coefficient (Wildman–Crippen LogP) is 2.83. The van der Waals surface area contributed by atoms with E-state index in [4.69, 9.17) is 11.6 Å². The highest BCUT2D eigenvalue weighted by molar-refractivity contribution is 6.30. The van der Waals surface area contributed by atoms with Gasteiger partial charge in [0.1, 0.15) is 0 Å². The Kier molecular flexibility index (Phi) is 7.85. The smallest absolute Gasteiger partial charge is 0.238 e. The number of rotatable bonds is 7. The van der Waals surface area contributed by atoms with E-state index < -0.39 is 0 Å². The Hall–Kier alpha value is -2.41. The van der Waals surface area contributed by atoms with Crippen molar-refractivity contribution in [2.75, 3.05) is 44.6 Å². The molecule has 2 amide bonds. The van der Waals surface area contributed by atoms with Crippen molar-refractivity contribution in [1.82, 2.24) is 15.1 Å². The number of aryl methyl sites for hydroxylation is 2. The zero-order chi connectivity index (χ0) is 21.5. The number of para-hydroxylation sites is 1. The van der Waals surface area contributed by atoms with E-state index >= 15 is 0 Å². The van der Waals surface area contributed by atoms with Gasteiger partial charge in [-0.1, -0.05) is 41.9 Å². The molecule has 0 aromatic heterocycles. The summed E-state index contributed by atoms with van der Waals surface area (Å²) in [6.45, 7) is 8.26. The fourth-order valence-electron chi connectivity index (χ4n) is 3.61. The summed E-state index contributed by atoms with van der Waals surface area (Å²) in [5, 5.41) is 6.64. The molecule has 0 atom stereocenters. The molecule has 0 saturated carbocycles. The molecule has 0 aliphatic carbocycles. The molecule has 3 rings (SSSR count). The summed E-state index contributed by atoms with van der Waals surface area (Å²) in [6, 6.07) is 13.5. The van der Waals surface area contributed by atoms with Gasteiger partial charge in [0, 0.05) is 43.4 Å². The van der Waals surface area contributed by atoms with Crippen LogP contribution < -0.4 is 10.6 Å². The second-order valence-corrected chi connectivity index (χ2v) is 8.21. The first-order chi connectivity index (χ1) is 14.4. The summed E-state index contributed by atoms with van der Waals surface area (Å²) >= 11 is 5.97. The number of hydrogen-bond acceptors (Lipinski definition) is 4. The molecule has 1 heterocycles. The van der Waals surface area contributed by atoms with Gasteiger partial charge < -0.3 is 10.6 Å². The number of nitrogens with one attached hydrogen (secondary N) is 2. The third-order valence-corrected chi connectivity index (χ3v) is 5.56. The zero-order valence-corrected chi connectivity index (χ0v) is 18.3. The lowest BCUT2D eigenvalue weighted by molar-refractivity contribution is -0.123. The van der Waals surface area contributed by atoms with Gasteiger partial charge in [-0.3, -0.25) is 19.4 Å². The molecule has 2 aromatic carbocycles. The van der Waals surface area contributed by atoms with Gasteiger partial charge in [-0.15, -0.1) is 0 Å². The lowest BCUT2D eigenvalue weighted by Gasteiger charge is -2.33. The van der Waals surface area contributed by atoms with E-state index in [-0.39, 0.29) is 11.8 Å². The maximum Gasteiger partial charge on any atom is 0.238 e. The average Bonchev–Trinajstić information content (AvgIpc) is 2.71. The summed E-state index contributed by atoms with van der Waals surface area (Å²) in [6.07, 6.45) is 0. The molecule has 1 saturated heterocycles. The molecule has 0 bridgehead atoms. The van der Waals surface area contributed by atoms with Crippen molar-refractivity contribution in [2.45, 2.75) is 20.4 Å². The molecule has 2 N–H and O–H groups in total. The number of amides is 2. The van der Waals surface area contributed by atoms with Crippen LogP contribution in [0.3, 0.4) is 0 Å². The van der Waals surface area contributed by atoms with Gasteiger partial charge in [0.15, 0.2) is 0 Å². The Balaban J connectivity index is 1.38. The van der Waals surface area contributed by atoms with Crippen LogP contribution in [0.2, 0.25) is 5.02 Å². The van der Waals surface area contributed by atoms with Crippen molar-refractivity contribution in [3.05, 3.63) is 64.2 Å². The Morgan fingerprint density at radius 3 is 2.07 bits per heavy atom. The van der Waals surface area contributed by atoms with Gasteiger partial charge >= 0.3 is 0 Å². The molecule has 1 aliphatic rings. The Labute approximate surface area is 183 Å². The van der Waals surface area contributed by atoms with Crippen LogP contribution in [0.1, 0.15) is 16.7 Å². The van der Waals surface area contributed by atoms with Crippen LogP contribution >= 0.6 is 11.6 Å². The molecule has 0 unspecified atom stereocenters. The van der Waals surface area contributed by atoms with Gasteiger partial charge in [0.05, 0.1) is 13.1 Å². The summed E-state index contributed by atoms with van der Waals surface area (Å²) in [5.74, 6) is -0.00342. The highest BCUT2D eigenvalue weighted by atomic mass is 35.5. The number of nitrogens with zero attached hydrogens (tertiary/aromatic N) is 2. The fourth-order valence-corrected chi connectivity index (χ4v) is 3.82. The average molecular weight is 429 g/mol. The van der Waals surface area contributed by atoms with Crippen LogP contribution in [0.5, 0.6) is 0 Å². The first-order valence-corrected chi connectivity index (χ1v) is 10.6. The van der Waals surface area contributed by atoms with Crippen molar-refractivity contribution < 1.29 is 9.59 Å². The molecule has 2 aromatic rings. The van der Waals surface area contributed by atoms with Crippen LogP contribution in [0, 0.1) is 13.8 Å². The van der Waals surface area contributed by atoms with Crippen molar-refractivity contribution in [2.24, 2.45) is 0 Å². The minimum absolute atomic E-state index is 0.000106. The Morgan fingerprint density at radius 1 is 0.900 bits per heavy atom. The van der Waals surface area contributed by atoms with E-state index in [1.165, 1.54) is 0 Å². The second-order valence-electron chi connectivity index (χ2n) is 7.77. The van der Waals surface area contributed by atoms with Gasteiger partial charge in [0.25, 0.3) is 0 Å². The number of carbonyl (C=O) groups is 2. The quantitative estimate of drug-likeness (QED) is 0.711. The minimum atomic E-state index is -0.00352. The van der Waals surface area contributed by atoms with Gasteiger partial charge in [-0.2, -0.15) is 0 Å². The third kappa shape index (κ3) is 6.55. The van der Waals surface area contributed by atoms with E-state index in [9.17, 15) is 9.59 Å². The van der Waals surface area contributed by atoms with Gasteiger partial charge in [0.2, 0.25) is 11.8 Å². The highest BCUT2D eigenvalue weighted by Gasteiger charge is 2.21.